The summed E-state index contributed by atoms with van der Waals surface area (Å²) < 4.78 is 3.60. The molecule has 0 saturated carbocycles. The average molecular weight is 294 g/mol. The van der Waals surface area contributed by atoms with Crippen LogP contribution < -0.4 is 0 Å². The van der Waals surface area contributed by atoms with Crippen LogP contribution in [0.2, 0.25) is 5.02 Å². The first-order valence-electron chi connectivity index (χ1n) is 3.64. The molecule has 1 aromatic heterocycles. The number of benzene rings is 1. The first kappa shape index (κ1) is 9.84. The van der Waals surface area contributed by atoms with E-state index in [-0.39, 0.29) is 0 Å². The maximum atomic E-state index is 5.99. The first-order valence-corrected chi connectivity index (χ1v) is 6.85. The van der Waals surface area contributed by atoms with Gasteiger partial charge in [0.2, 0.25) is 0 Å². The third-order valence-electron chi connectivity index (χ3n) is 1.77. The normalized spacial score (nSPS) is 11.0. The molecule has 13 heavy (non-hydrogen) atoms. The number of thiophene rings is 1. The van der Waals surface area contributed by atoms with E-state index in [2.05, 4.69) is 34.3 Å². The van der Waals surface area contributed by atoms with Gasteiger partial charge in [0.05, 0.1) is 9.23 Å². The molecule has 0 aliphatic heterocycles. The lowest BCUT2D eigenvalue weighted by Gasteiger charge is -1.95. The van der Waals surface area contributed by atoms with Crippen LogP contribution >= 0.6 is 50.6 Å². The van der Waals surface area contributed by atoms with Gasteiger partial charge < -0.3 is 0 Å². The van der Waals surface area contributed by atoms with Gasteiger partial charge in [-0.05, 0) is 40.4 Å². The molecule has 0 nitrogen and oxygen atoms in total. The minimum Gasteiger partial charge on any atom is -0.129 e. The summed E-state index contributed by atoms with van der Waals surface area (Å²) in [6.45, 7) is 0. The lowest BCUT2D eigenvalue weighted by molar-refractivity contribution is 1.73. The Kier molecular flexibility index (Phi) is 2.88. The molecule has 0 aliphatic carbocycles. The molecule has 4 heteroatoms. The summed E-state index contributed by atoms with van der Waals surface area (Å²) in [7, 11) is 0. The molecule has 2 rings (SSSR count). The highest BCUT2D eigenvalue weighted by Crippen LogP contribution is 2.38. The monoisotopic (exact) mass is 292 g/mol. The molecule has 0 atom stereocenters. The predicted octanol–water partition coefficient (Wildman–Crippen LogP) is 5.04. The number of rotatable bonds is 1. The highest BCUT2D eigenvalue weighted by Gasteiger charge is 2.06. The second-order valence-electron chi connectivity index (χ2n) is 2.54. The van der Waals surface area contributed by atoms with Gasteiger partial charge in [0.25, 0.3) is 0 Å². The van der Waals surface area contributed by atoms with Crippen LogP contribution in [-0.2, 0) is 0 Å². The molecule has 1 aromatic carbocycles. The zero-order valence-electron chi connectivity index (χ0n) is 6.80. The molecule has 1 heterocycles. The van der Waals surface area contributed by atoms with Crippen LogP contribution in [0.15, 0.2) is 26.9 Å². The van der Waals surface area contributed by atoms with Gasteiger partial charge in [-0.25, -0.2) is 0 Å². The van der Waals surface area contributed by atoms with Crippen LogP contribution in [0.25, 0.3) is 10.1 Å². The van der Waals surface area contributed by atoms with E-state index in [1.807, 2.05) is 6.07 Å². The van der Waals surface area contributed by atoms with E-state index in [1.54, 1.807) is 23.1 Å². The fourth-order valence-electron chi connectivity index (χ4n) is 1.13. The molecule has 0 radical (unpaired) electrons. The standard InChI is InChI=1S/C9H6BrClS2/c1-12-8-4-5-7(13-8)3-2-6(11)9(5)10/h2-4H,1H3. The van der Waals surface area contributed by atoms with Gasteiger partial charge in [-0.15, -0.1) is 23.1 Å². The van der Waals surface area contributed by atoms with E-state index in [0.717, 1.165) is 9.50 Å². The Labute approximate surface area is 98.4 Å². The third kappa shape index (κ3) is 1.75. The molecule has 0 spiro atoms. The van der Waals surface area contributed by atoms with Crippen molar-refractivity contribution in [1.29, 1.82) is 0 Å². The van der Waals surface area contributed by atoms with E-state index >= 15 is 0 Å². The lowest BCUT2D eigenvalue weighted by atomic mass is 10.3. The van der Waals surface area contributed by atoms with E-state index in [0.29, 0.717) is 0 Å². The Morgan fingerprint density at radius 3 is 2.92 bits per heavy atom. The number of thioether (sulfide) groups is 1. The number of hydrogen-bond acceptors (Lipinski definition) is 2. The van der Waals surface area contributed by atoms with Crippen molar-refractivity contribution in [2.75, 3.05) is 6.26 Å². The van der Waals surface area contributed by atoms with Crippen LogP contribution in [0.5, 0.6) is 0 Å². The molecule has 0 fully saturated rings. The largest absolute Gasteiger partial charge is 0.129 e. The molecule has 0 aliphatic rings. The van der Waals surface area contributed by atoms with Crippen LogP contribution in [0, 0.1) is 0 Å². The van der Waals surface area contributed by atoms with Gasteiger partial charge in [-0.2, -0.15) is 0 Å². The quantitative estimate of drug-likeness (QED) is 0.664. The Morgan fingerprint density at radius 1 is 1.46 bits per heavy atom. The summed E-state index contributed by atoms with van der Waals surface area (Å²) in [5.41, 5.74) is 0. The molecule has 0 saturated heterocycles. The summed E-state index contributed by atoms with van der Waals surface area (Å²) >= 11 is 13.0. The van der Waals surface area contributed by atoms with Crippen molar-refractivity contribution in [3.05, 3.63) is 27.7 Å². The van der Waals surface area contributed by atoms with E-state index in [9.17, 15) is 0 Å². The molecule has 0 N–H and O–H groups in total. The third-order valence-corrected chi connectivity index (χ3v) is 5.33. The van der Waals surface area contributed by atoms with Crippen LogP contribution in [0.4, 0.5) is 0 Å². The lowest BCUT2D eigenvalue weighted by Crippen LogP contribution is -1.68. The highest BCUT2D eigenvalue weighted by molar-refractivity contribution is 9.10. The number of fused-ring (bicyclic) bond motifs is 1. The summed E-state index contributed by atoms with van der Waals surface area (Å²) in [5, 5.41) is 1.99. The van der Waals surface area contributed by atoms with Crippen molar-refractivity contribution in [3.8, 4) is 0 Å². The smallest absolute Gasteiger partial charge is 0.0608 e. The maximum Gasteiger partial charge on any atom is 0.0608 e. The van der Waals surface area contributed by atoms with Crippen molar-refractivity contribution < 1.29 is 0 Å². The molecule has 0 unspecified atom stereocenters. The van der Waals surface area contributed by atoms with Crippen molar-refractivity contribution >= 4 is 60.7 Å². The van der Waals surface area contributed by atoms with Crippen LogP contribution in [-0.4, -0.2) is 6.26 Å². The van der Waals surface area contributed by atoms with Gasteiger partial charge >= 0.3 is 0 Å². The number of hydrogen-bond donors (Lipinski definition) is 0. The van der Waals surface area contributed by atoms with E-state index < -0.39 is 0 Å². The second kappa shape index (κ2) is 3.81. The first-order chi connectivity index (χ1) is 6.22. The summed E-state index contributed by atoms with van der Waals surface area (Å²) in [6, 6.07) is 6.15. The molecular formula is C9H6BrClS2. The second-order valence-corrected chi connectivity index (χ2v) is 5.93. The van der Waals surface area contributed by atoms with Gasteiger partial charge in [0.1, 0.15) is 0 Å². The van der Waals surface area contributed by atoms with Crippen molar-refractivity contribution in [1.82, 2.24) is 0 Å². The highest BCUT2D eigenvalue weighted by atomic mass is 79.9. The van der Waals surface area contributed by atoms with Crippen LogP contribution in [0.1, 0.15) is 0 Å². The van der Waals surface area contributed by atoms with Gasteiger partial charge in [0, 0.05) is 14.6 Å². The topological polar surface area (TPSA) is 0 Å². The SMILES string of the molecule is CSc1cc2c(Br)c(Cl)ccc2s1. The fourth-order valence-corrected chi connectivity index (χ4v) is 3.52. The van der Waals surface area contributed by atoms with E-state index in [1.165, 1.54) is 14.3 Å². The minimum absolute atomic E-state index is 0.776. The van der Waals surface area contributed by atoms with Gasteiger partial charge in [0.15, 0.2) is 0 Å². The molecule has 68 valence electrons. The fraction of sp³-hybridized carbons (Fsp3) is 0.111. The van der Waals surface area contributed by atoms with Crippen LogP contribution in [0.3, 0.4) is 0 Å². The van der Waals surface area contributed by atoms with Crippen molar-refractivity contribution in [3.63, 3.8) is 0 Å². The van der Waals surface area contributed by atoms with Gasteiger partial charge in [-0.3, -0.25) is 0 Å². The minimum atomic E-state index is 0.776. The Balaban J connectivity index is 2.76. The Bertz CT molecular complexity index is 450. The predicted molar refractivity (Wildman–Crippen MR) is 66.3 cm³/mol. The maximum absolute atomic E-state index is 5.99. The summed E-state index contributed by atoms with van der Waals surface area (Å²) in [6.07, 6.45) is 2.08. The van der Waals surface area contributed by atoms with E-state index in [4.69, 9.17) is 11.6 Å². The average Bonchev–Trinajstić information content (AvgIpc) is 2.55. The Hall–Kier alpha value is 0.300. The molecule has 2 aromatic rings. The zero-order valence-corrected chi connectivity index (χ0v) is 10.8. The van der Waals surface area contributed by atoms with Crippen molar-refractivity contribution in [2.45, 2.75) is 4.21 Å². The summed E-state index contributed by atoms with van der Waals surface area (Å²) in [5.74, 6) is 0. The molecule has 0 amide bonds. The summed E-state index contributed by atoms with van der Waals surface area (Å²) in [4.78, 5) is 0. The van der Waals surface area contributed by atoms with Gasteiger partial charge in [-0.1, -0.05) is 11.6 Å². The zero-order chi connectivity index (χ0) is 9.42. The Morgan fingerprint density at radius 2 is 2.23 bits per heavy atom. The molecular weight excluding hydrogens is 288 g/mol. The van der Waals surface area contributed by atoms with Crippen molar-refractivity contribution in [2.24, 2.45) is 0 Å². The molecule has 0 bridgehead atoms. The number of halogens is 2.